The van der Waals surface area contributed by atoms with Crippen LogP contribution in [0.1, 0.15) is 0 Å². The number of halogens is 2. The molecule has 1 rings (SSSR count). The summed E-state index contributed by atoms with van der Waals surface area (Å²) in [6.07, 6.45) is 0. The molecule has 3 nitrogen and oxygen atoms in total. The Morgan fingerprint density at radius 2 is 1.21 bits per heavy atom. The van der Waals surface area contributed by atoms with Gasteiger partial charge in [-0.3, -0.25) is 0 Å². The van der Waals surface area contributed by atoms with Crippen molar-refractivity contribution in [1.82, 2.24) is 0 Å². The van der Waals surface area contributed by atoms with Crippen molar-refractivity contribution in [3.8, 4) is 0 Å². The van der Waals surface area contributed by atoms with E-state index < -0.39 is 7.94 Å². The quantitative estimate of drug-likeness (QED) is 0.383. The molecule has 8 heteroatoms. The second-order valence-electron chi connectivity index (χ2n) is 2.13. The average Bonchev–Trinajstić information content (AvgIpc) is 1.82. The Hall–Kier alpha value is 3.38. The number of rotatable bonds is 1. The van der Waals surface area contributed by atoms with Crippen LogP contribution >= 0.6 is 31.1 Å². The van der Waals surface area contributed by atoms with E-state index >= 15 is 0 Å². The monoisotopic (exact) mass is 302 g/mol. The van der Waals surface area contributed by atoms with Crippen LogP contribution in [0.3, 0.4) is 0 Å². The molecule has 1 aromatic carbocycles. The molecule has 0 amide bonds. The molecule has 0 radical (unpaired) electrons. The third kappa shape index (κ3) is 6.96. The van der Waals surface area contributed by atoms with Gasteiger partial charge in [-0.2, -0.15) is 0 Å². The van der Waals surface area contributed by atoms with Gasteiger partial charge in [-0.25, -0.2) is 0 Å². The zero-order valence-electron chi connectivity index (χ0n) is 7.66. The van der Waals surface area contributed by atoms with Gasteiger partial charge in [-0.05, 0) is 18.2 Å². The van der Waals surface area contributed by atoms with Crippen molar-refractivity contribution in [3.05, 3.63) is 28.2 Å². The zero-order valence-corrected chi connectivity index (χ0v) is 16.3. The molecule has 0 heterocycles. The van der Waals surface area contributed by atoms with Crippen molar-refractivity contribution in [3.63, 3.8) is 0 Å². The molecule has 0 aliphatic carbocycles. The third-order valence-corrected chi connectivity index (χ3v) is 2.49. The fourth-order valence-electron chi connectivity index (χ4n) is 0.697. The Bertz CT molecular complexity index is 285. The van der Waals surface area contributed by atoms with Gasteiger partial charge in [0.05, 0.1) is 5.30 Å². The van der Waals surface area contributed by atoms with E-state index in [0.29, 0.717) is 0 Å². The van der Waals surface area contributed by atoms with Crippen LogP contribution < -0.4 is 123 Å². The molecule has 0 spiro atoms. The minimum absolute atomic E-state index is 0. The maximum absolute atomic E-state index is 10.5. The Balaban J connectivity index is 0. The van der Waals surface area contributed by atoms with Crippen LogP contribution in [-0.2, 0) is 0 Å². The van der Waals surface area contributed by atoms with Crippen molar-refractivity contribution in [2.75, 3.05) is 0 Å². The van der Waals surface area contributed by atoms with Crippen LogP contribution in [0.25, 0.3) is 0 Å². The first kappa shape index (κ1) is 19.7. The first-order chi connectivity index (χ1) is 5.39. The molecular formula is C6H3Cl2K2O3P. The summed E-state index contributed by atoms with van der Waals surface area (Å²) in [7, 11) is -4.74. The predicted octanol–water partition coefficient (Wildman–Crippen LogP) is -6.53. The van der Waals surface area contributed by atoms with Crippen LogP contribution in [-0.4, -0.2) is 0 Å². The van der Waals surface area contributed by atoms with E-state index in [4.69, 9.17) is 23.2 Å². The summed E-state index contributed by atoms with van der Waals surface area (Å²) in [5, 5.41) is -0.131. The summed E-state index contributed by atoms with van der Waals surface area (Å²) < 4.78 is 0. The van der Waals surface area contributed by atoms with Gasteiger partial charge in [0.15, 0.2) is 0 Å². The molecule has 0 unspecified atom stereocenters. The Morgan fingerprint density at radius 1 is 0.857 bits per heavy atom. The van der Waals surface area contributed by atoms with Gasteiger partial charge in [-0.15, -0.1) is 7.94 Å². The summed E-state index contributed by atoms with van der Waals surface area (Å²) in [4.78, 5) is 31.5. The van der Waals surface area contributed by atoms with E-state index in [9.17, 15) is 14.7 Å². The Labute approximate surface area is 178 Å². The van der Waals surface area contributed by atoms with Gasteiger partial charge in [0.25, 0.3) is 0 Å². The van der Waals surface area contributed by atoms with Crippen molar-refractivity contribution in [1.29, 1.82) is 0 Å². The van der Waals surface area contributed by atoms with Crippen LogP contribution in [0.2, 0.25) is 10.0 Å². The summed E-state index contributed by atoms with van der Waals surface area (Å²) in [6, 6.07) is 3.48. The molecule has 14 heavy (non-hydrogen) atoms. The first-order valence-corrected chi connectivity index (χ1v) is 5.18. The van der Waals surface area contributed by atoms with Crippen LogP contribution in [0, 0.1) is 0 Å². The van der Waals surface area contributed by atoms with E-state index in [1.807, 2.05) is 0 Å². The second-order valence-corrected chi connectivity index (χ2v) is 4.51. The summed E-state index contributed by atoms with van der Waals surface area (Å²) in [5.41, 5.74) is 0. The van der Waals surface area contributed by atoms with Gasteiger partial charge in [-0.1, -0.05) is 23.2 Å². The largest absolute Gasteiger partial charge is 1.00 e. The molecule has 0 saturated heterocycles. The maximum Gasteiger partial charge on any atom is 1.00 e. The van der Waals surface area contributed by atoms with Crippen molar-refractivity contribution < 1.29 is 117 Å². The van der Waals surface area contributed by atoms with Crippen LogP contribution in [0.5, 0.6) is 0 Å². The maximum atomic E-state index is 10.5. The molecule has 0 atom stereocenters. The SMILES string of the molecule is [K+].[K+].[O-][P+]([O-])([O-])c1cc(Cl)cc(Cl)c1. The first-order valence-electron chi connectivity index (χ1n) is 2.88. The van der Waals surface area contributed by atoms with Gasteiger partial charge >= 0.3 is 103 Å². The van der Waals surface area contributed by atoms with E-state index in [1.165, 1.54) is 6.07 Å². The third-order valence-electron chi connectivity index (χ3n) is 1.16. The molecule has 0 bridgehead atoms. The van der Waals surface area contributed by atoms with Gasteiger partial charge < -0.3 is 14.7 Å². The van der Waals surface area contributed by atoms with Gasteiger partial charge in [0.1, 0.15) is 0 Å². The van der Waals surface area contributed by atoms with Gasteiger partial charge in [0.2, 0.25) is 0 Å². The molecule has 1 aromatic rings. The summed E-state index contributed by atoms with van der Waals surface area (Å²) in [5.74, 6) is 0. The minimum atomic E-state index is -4.74. The van der Waals surface area contributed by atoms with Gasteiger partial charge in [0, 0.05) is 10.0 Å². The van der Waals surface area contributed by atoms with E-state index in [1.54, 1.807) is 0 Å². The second kappa shape index (κ2) is 8.48. The summed E-state index contributed by atoms with van der Waals surface area (Å²) in [6.45, 7) is 0. The van der Waals surface area contributed by atoms with E-state index in [2.05, 4.69) is 0 Å². The summed E-state index contributed by atoms with van der Waals surface area (Å²) >= 11 is 10.9. The zero-order chi connectivity index (χ0) is 9.35. The number of hydrogen-bond acceptors (Lipinski definition) is 3. The smallest absolute Gasteiger partial charge is 0.683 e. The molecule has 0 N–H and O–H groups in total. The standard InChI is InChI=1S/C6H5Cl2O3P.2K/c7-4-1-5(8)3-6(2-4)12(9,10)11;;/h1-3H,(H2,9,10,11);;/q;2*+1/p-2. The molecule has 0 saturated carbocycles. The van der Waals surface area contributed by atoms with Crippen molar-refractivity contribution in [2.45, 2.75) is 0 Å². The molecule has 0 aromatic heterocycles. The minimum Gasteiger partial charge on any atom is -0.683 e. The number of benzene rings is 1. The molecule has 0 aliphatic rings. The normalized spacial score (nSPS) is 10.1. The van der Waals surface area contributed by atoms with Crippen LogP contribution in [0.15, 0.2) is 18.2 Å². The molecule has 0 fully saturated rings. The predicted molar refractivity (Wildman–Crippen MR) is 43.0 cm³/mol. The Morgan fingerprint density at radius 3 is 1.50 bits per heavy atom. The molecular weight excluding hydrogens is 300 g/mol. The van der Waals surface area contributed by atoms with Crippen molar-refractivity contribution in [2.24, 2.45) is 0 Å². The Kier molecular flexibility index (Phi) is 11.9. The fraction of sp³-hybridized carbons (Fsp3) is 0. The fourth-order valence-corrected chi connectivity index (χ4v) is 1.97. The molecule has 0 aliphatic heterocycles. The van der Waals surface area contributed by atoms with Crippen molar-refractivity contribution >= 4 is 36.4 Å². The van der Waals surface area contributed by atoms with Crippen LogP contribution in [0.4, 0.5) is 0 Å². The van der Waals surface area contributed by atoms with E-state index in [0.717, 1.165) is 12.1 Å². The number of hydrogen-bond donors (Lipinski definition) is 0. The van der Waals surface area contributed by atoms with E-state index in [-0.39, 0.29) is 118 Å². The molecule has 66 valence electrons. The topological polar surface area (TPSA) is 69.2 Å². The average molecular weight is 303 g/mol.